The number of benzene rings is 1. The van der Waals surface area contributed by atoms with Gasteiger partial charge in [-0.15, -0.1) is 0 Å². The standard InChI is InChI=1S/C8H11OP/c1-7-5-3-4-6-8(7)10-9-2/h3-6,10H,1-2H3. The van der Waals surface area contributed by atoms with Gasteiger partial charge in [-0.25, -0.2) is 0 Å². The van der Waals surface area contributed by atoms with Crippen molar-refractivity contribution in [3.8, 4) is 0 Å². The van der Waals surface area contributed by atoms with E-state index in [1.54, 1.807) is 7.11 Å². The molecule has 0 aliphatic rings. The van der Waals surface area contributed by atoms with Crippen molar-refractivity contribution in [1.29, 1.82) is 0 Å². The van der Waals surface area contributed by atoms with Gasteiger partial charge < -0.3 is 4.52 Å². The van der Waals surface area contributed by atoms with Gasteiger partial charge in [0.25, 0.3) is 0 Å². The minimum absolute atomic E-state index is 0.486. The van der Waals surface area contributed by atoms with E-state index in [1.807, 2.05) is 12.1 Å². The van der Waals surface area contributed by atoms with E-state index in [4.69, 9.17) is 4.52 Å². The maximum Gasteiger partial charge on any atom is 0.0458 e. The van der Waals surface area contributed by atoms with Crippen LogP contribution in [0.3, 0.4) is 0 Å². The predicted octanol–water partition coefficient (Wildman–Crippen LogP) is 1.86. The Morgan fingerprint density at radius 1 is 1.30 bits per heavy atom. The molecule has 0 bridgehead atoms. The summed E-state index contributed by atoms with van der Waals surface area (Å²) in [6.45, 7) is 2.10. The SMILES string of the molecule is COPc1ccccc1C. The molecule has 1 nitrogen and oxygen atoms in total. The van der Waals surface area contributed by atoms with Gasteiger partial charge in [-0.1, -0.05) is 24.3 Å². The van der Waals surface area contributed by atoms with Gasteiger partial charge in [-0.2, -0.15) is 0 Å². The van der Waals surface area contributed by atoms with Crippen LogP contribution in [0, 0.1) is 6.92 Å². The Hall–Kier alpha value is -0.390. The first-order chi connectivity index (χ1) is 4.84. The molecule has 10 heavy (non-hydrogen) atoms. The third-order valence-corrected chi connectivity index (χ3v) is 2.34. The Balaban J connectivity index is 2.81. The minimum atomic E-state index is 0.486. The highest BCUT2D eigenvalue weighted by atomic mass is 31.1. The fourth-order valence-corrected chi connectivity index (χ4v) is 1.43. The molecule has 2 heteroatoms. The Kier molecular flexibility index (Phi) is 2.85. The van der Waals surface area contributed by atoms with E-state index in [2.05, 4.69) is 19.1 Å². The maximum absolute atomic E-state index is 5.04. The van der Waals surface area contributed by atoms with Crippen LogP contribution in [0.4, 0.5) is 0 Å². The Labute approximate surface area is 63.3 Å². The van der Waals surface area contributed by atoms with Crippen molar-refractivity contribution >= 4 is 14.1 Å². The quantitative estimate of drug-likeness (QED) is 0.591. The summed E-state index contributed by atoms with van der Waals surface area (Å²) in [4.78, 5) is 0. The summed E-state index contributed by atoms with van der Waals surface area (Å²) in [5, 5.41) is 1.30. The molecule has 0 saturated heterocycles. The molecule has 0 heterocycles. The smallest absolute Gasteiger partial charge is 0.0458 e. The first-order valence-corrected chi connectivity index (χ1v) is 4.10. The fourth-order valence-electron chi connectivity index (χ4n) is 0.797. The minimum Gasteiger partial charge on any atom is -0.361 e. The number of hydrogen-bond donors (Lipinski definition) is 0. The van der Waals surface area contributed by atoms with Crippen LogP contribution in [0.1, 0.15) is 5.56 Å². The van der Waals surface area contributed by atoms with Crippen molar-refractivity contribution in [3.63, 3.8) is 0 Å². The number of aryl methyl sites for hydroxylation is 1. The van der Waals surface area contributed by atoms with E-state index in [1.165, 1.54) is 10.9 Å². The molecule has 0 fully saturated rings. The Bertz CT molecular complexity index is 210. The largest absolute Gasteiger partial charge is 0.361 e. The molecule has 0 spiro atoms. The van der Waals surface area contributed by atoms with Crippen LogP contribution in [-0.4, -0.2) is 7.11 Å². The van der Waals surface area contributed by atoms with Crippen LogP contribution in [-0.2, 0) is 4.52 Å². The molecular formula is C8H11OP. The molecule has 0 N–H and O–H groups in total. The second-order valence-corrected chi connectivity index (χ2v) is 3.27. The molecule has 0 saturated carbocycles. The molecule has 1 rings (SSSR count). The van der Waals surface area contributed by atoms with Crippen LogP contribution in [0.5, 0.6) is 0 Å². The molecule has 1 aromatic rings. The molecule has 1 unspecified atom stereocenters. The second-order valence-electron chi connectivity index (χ2n) is 2.12. The normalized spacial score (nSPS) is 11.0. The van der Waals surface area contributed by atoms with Crippen LogP contribution >= 0.6 is 8.81 Å². The van der Waals surface area contributed by atoms with Gasteiger partial charge in [0.15, 0.2) is 0 Å². The third kappa shape index (κ3) is 1.80. The highest BCUT2D eigenvalue weighted by Gasteiger charge is 1.93. The van der Waals surface area contributed by atoms with Gasteiger partial charge in [0.2, 0.25) is 0 Å². The fraction of sp³-hybridized carbons (Fsp3) is 0.250. The molecular weight excluding hydrogens is 143 g/mol. The average molecular weight is 154 g/mol. The molecule has 0 aliphatic carbocycles. The summed E-state index contributed by atoms with van der Waals surface area (Å²) >= 11 is 0. The van der Waals surface area contributed by atoms with Crippen LogP contribution < -0.4 is 5.30 Å². The van der Waals surface area contributed by atoms with Gasteiger partial charge in [0, 0.05) is 21.2 Å². The molecule has 1 atom stereocenters. The van der Waals surface area contributed by atoms with Crippen molar-refractivity contribution in [2.24, 2.45) is 0 Å². The Morgan fingerprint density at radius 2 is 2.00 bits per heavy atom. The van der Waals surface area contributed by atoms with Gasteiger partial charge >= 0.3 is 0 Å². The van der Waals surface area contributed by atoms with E-state index in [9.17, 15) is 0 Å². The van der Waals surface area contributed by atoms with Gasteiger partial charge in [-0.05, 0) is 12.5 Å². The zero-order chi connectivity index (χ0) is 7.40. The van der Waals surface area contributed by atoms with Gasteiger partial charge in [0.1, 0.15) is 0 Å². The van der Waals surface area contributed by atoms with E-state index in [-0.39, 0.29) is 0 Å². The van der Waals surface area contributed by atoms with Crippen molar-refractivity contribution < 1.29 is 4.52 Å². The molecule has 0 radical (unpaired) electrons. The van der Waals surface area contributed by atoms with Crippen molar-refractivity contribution in [2.75, 3.05) is 7.11 Å². The number of hydrogen-bond acceptors (Lipinski definition) is 1. The zero-order valence-corrected chi connectivity index (χ0v) is 7.22. The van der Waals surface area contributed by atoms with E-state index < -0.39 is 0 Å². The van der Waals surface area contributed by atoms with Crippen LogP contribution in [0.15, 0.2) is 24.3 Å². The summed E-state index contributed by atoms with van der Waals surface area (Å²) < 4.78 is 5.04. The van der Waals surface area contributed by atoms with E-state index >= 15 is 0 Å². The van der Waals surface area contributed by atoms with Crippen molar-refractivity contribution in [3.05, 3.63) is 29.8 Å². The third-order valence-electron chi connectivity index (χ3n) is 1.36. The van der Waals surface area contributed by atoms with Crippen molar-refractivity contribution in [1.82, 2.24) is 0 Å². The maximum atomic E-state index is 5.04. The lowest BCUT2D eigenvalue weighted by Gasteiger charge is -2.01. The first kappa shape index (κ1) is 7.71. The summed E-state index contributed by atoms with van der Waals surface area (Å²) in [5.74, 6) is 0. The van der Waals surface area contributed by atoms with Crippen LogP contribution in [0.25, 0.3) is 0 Å². The zero-order valence-electron chi connectivity index (χ0n) is 6.22. The van der Waals surface area contributed by atoms with E-state index in [0.717, 1.165) is 0 Å². The summed E-state index contributed by atoms with van der Waals surface area (Å²) in [7, 11) is 2.21. The second kappa shape index (κ2) is 3.70. The lowest BCUT2D eigenvalue weighted by molar-refractivity contribution is 0.481. The Morgan fingerprint density at radius 3 is 2.60 bits per heavy atom. The molecule has 0 aromatic heterocycles. The average Bonchev–Trinajstić information content (AvgIpc) is 1.94. The molecule has 0 aliphatic heterocycles. The summed E-state index contributed by atoms with van der Waals surface area (Å²) in [5.41, 5.74) is 1.31. The summed E-state index contributed by atoms with van der Waals surface area (Å²) in [6, 6.07) is 8.27. The van der Waals surface area contributed by atoms with Gasteiger partial charge in [0.05, 0.1) is 0 Å². The lowest BCUT2D eigenvalue weighted by atomic mass is 10.2. The first-order valence-electron chi connectivity index (χ1n) is 3.19. The van der Waals surface area contributed by atoms with Crippen molar-refractivity contribution in [2.45, 2.75) is 6.92 Å². The monoisotopic (exact) mass is 154 g/mol. The highest BCUT2D eigenvalue weighted by molar-refractivity contribution is 7.42. The number of rotatable bonds is 2. The van der Waals surface area contributed by atoms with Gasteiger partial charge in [-0.3, -0.25) is 0 Å². The lowest BCUT2D eigenvalue weighted by Crippen LogP contribution is -1.97. The molecule has 0 amide bonds. The van der Waals surface area contributed by atoms with E-state index in [0.29, 0.717) is 8.81 Å². The topological polar surface area (TPSA) is 9.23 Å². The summed E-state index contributed by atoms with van der Waals surface area (Å²) in [6.07, 6.45) is 0. The van der Waals surface area contributed by atoms with Crippen LogP contribution in [0.2, 0.25) is 0 Å². The predicted molar refractivity (Wildman–Crippen MR) is 46.1 cm³/mol. The highest BCUT2D eigenvalue weighted by Crippen LogP contribution is 2.11. The molecule has 1 aromatic carbocycles. The molecule has 54 valence electrons.